The second kappa shape index (κ2) is 10.1. The summed E-state index contributed by atoms with van der Waals surface area (Å²) in [7, 11) is 0. The summed E-state index contributed by atoms with van der Waals surface area (Å²) in [5.74, 6) is 0. The van der Waals surface area contributed by atoms with Gasteiger partial charge in [0.25, 0.3) is 11.4 Å². The zero-order chi connectivity index (χ0) is 17.0. The first-order valence-corrected chi connectivity index (χ1v) is 8.62. The smallest absolute Gasteiger partial charge is 0.190 e. The lowest BCUT2D eigenvalue weighted by atomic mass is 10.1. The Morgan fingerprint density at radius 1 is 0.625 bits per heavy atom. The third kappa shape index (κ3) is 5.48. The maximum Gasteiger partial charge on any atom is 0.283 e. The van der Waals surface area contributed by atoms with Crippen LogP contribution in [-0.4, -0.2) is 0 Å². The molecule has 122 valence electrons. The summed E-state index contributed by atoms with van der Waals surface area (Å²) in [5.41, 5.74) is 1.45. The van der Waals surface area contributed by atoms with Gasteiger partial charge in [0, 0.05) is 37.1 Å². The molecule has 2 rings (SSSR count). The lowest BCUT2D eigenvalue weighted by Crippen LogP contribution is -2.36. The number of unbranched alkanes of at least 4 members (excludes halogenated alkanes) is 5. The monoisotopic (exact) mass is 320 g/mol. The molecule has 2 aromatic heterocycles. The van der Waals surface area contributed by atoms with Gasteiger partial charge in [-0.2, -0.15) is 19.7 Å². The molecule has 0 amide bonds. The van der Waals surface area contributed by atoms with Gasteiger partial charge in [-0.3, -0.25) is 0 Å². The number of aryl methyl sites for hydroxylation is 2. The van der Waals surface area contributed by atoms with Crippen molar-refractivity contribution in [2.45, 2.75) is 51.6 Å². The average molecular weight is 320 g/mol. The molecule has 0 radical (unpaired) electrons. The van der Waals surface area contributed by atoms with E-state index in [4.69, 9.17) is 10.5 Å². The molecule has 0 fully saturated rings. The predicted octanol–water partition coefficient (Wildman–Crippen LogP) is 3.05. The molecule has 0 unspecified atom stereocenters. The van der Waals surface area contributed by atoms with E-state index in [1.807, 2.05) is 57.9 Å². The lowest BCUT2D eigenvalue weighted by molar-refractivity contribution is -0.700. The van der Waals surface area contributed by atoms with Crippen LogP contribution in [0.4, 0.5) is 0 Å². The summed E-state index contributed by atoms with van der Waals surface area (Å²) in [4.78, 5) is 0. The fourth-order valence-corrected chi connectivity index (χ4v) is 2.82. The van der Waals surface area contributed by atoms with Gasteiger partial charge in [0.05, 0.1) is 0 Å². The minimum Gasteiger partial charge on any atom is -0.190 e. The summed E-state index contributed by atoms with van der Waals surface area (Å²) >= 11 is 0. The molecule has 0 saturated carbocycles. The normalized spacial score (nSPS) is 10.1. The Labute approximate surface area is 144 Å². The van der Waals surface area contributed by atoms with Crippen molar-refractivity contribution in [3.05, 3.63) is 60.2 Å². The molecule has 2 heterocycles. The van der Waals surface area contributed by atoms with Crippen molar-refractivity contribution in [1.29, 1.82) is 10.5 Å². The molecule has 0 atom stereocenters. The van der Waals surface area contributed by atoms with Gasteiger partial charge in [0.15, 0.2) is 24.5 Å². The minimum atomic E-state index is 0.727. The SMILES string of the molecule is N#Cc1cccc[n+]1CCCCCCCC[n+]1ccccc1C#N. The molecule has 0 N–H and O–H groups in total. The lowest BCUT2D eigenvalue weighted by Gasteiger charge is -2.01. The van der Waals surface area contributed by atoms with Gasteiger partial charge < -0.3 is 0 Å². The van der Waals surface area contributed by atoms with Gasteiger partial charge in [-0.15, -0.1) is 0 Å². The quantitative estimate of drug-likeness (QED) is 0.527. The molecule has 2 aromatic rings. The number of rotatable bonds is 9. The van der Waals surface area contributed by atoms with Crippen molar-refractivity contribution >= 4 is 0 Å². The van der Waals surface area contributed by atoms with Crippen LogP contribution in [0.5, 0.6) is 0 Å². The fourth-order valence-electron chi connectivity index (χ4n) is 2.82. The highest BCUT2D eigenvalue weighted by molar-refractivity contribution is 5.13. The minimum absolute atomic E-state index is 0.727. The Kier molecular flexibility index (Phi) is 7.44. The number of hydrogen-bond acceptors (Lipinski definition) is 2. The second-order valence-corrected chi connectivity index (χ2v) is 5.90. The molecular formula is C20H24N4+2. The van der Waals surface area contributed by atoms with Crippen LogP contribution in [0.2, 0.25) is 0 Å². The van der Waals surface area contributed by atoms with Crippen LogP contribution in [0.25, 0.3) is 0 Å². The number of aromatic nitrogens is 2. The van der Waals surface area contributed by atoms with E-state index >= 15 is 0 Å². The van der Waals surface area contributed by atoms with Gasteiger partial charge in [-0.25, -0.2) is 0 Å². The molecule has 0 aliphatic carbocycles. The van der Waals surface area contributed by atoms with Crippen LogP contribution >= 0.6 is 0 Å². The highest BCUT2D eigenvalue weighted by Gasteiger charge is 2.08. The number of pyridine rings is 2. The summed E-state index contributed by atoms with van der Waals surface area (Å²) in [6.07, 6.45) is 11.0. The van der Waals surface area contributed by atoms with Crippen LogP contribution in [0.1, 0.15) is 49.9 Å². The number of hydrogen-bond donors (Lipinski definition) is 0. The third-order valence-electron chi connectivity index (χ3n) is 4.16. The van der Waals surface area contributed by atoms with E-state index in [-0.39, 0.29) is 0 Å². The van der Waals surface area contributed by atoms with Crippen LogP contribution in [0.15, 0.2) is 48.8 Å². The van der Waals surface area contributed by atoms with Gasteiger partial charge in [0.2, 0.25) is 0 Å². The van der Waals surface area contributed by atoms with Crippen LogP contribution in [0.3, 0.4) is 0 Å². The molecule has 0 saturated heterocycles. The first-order valence-electron chi connectivity index (χ1n) is 8.62. The first-order chi connectivity index (χ1) is 11.8. The molecule has 0 bridgehead atoms. The zero-order valence-corrected chi connectivity index (χ0v) is 14.1. The first kappa shape index (κ1) is 17.6. The Morgan fingerprint density at radius 2 is 1.04 bits per heavy atom. The summed E-state index contributed by atoms with van der Waals surface area (Å²) in [6, 6.07) is 15.9. The summed E-state index contributed by atoms with van der Waals surface area (Å²) in [6.45, 7) is 1.82. The van der Waals surface area contributed by atoms with Crippen LogP contribution in [-0.2, 0) is 13.1 Å². The zero-order valence-electron chi connectivity index (χ0n) is 14.1. The topological polar surface area (TPSA) is 55.3 Å². The second-order valence-electron chi connectivity index (χ2n) is 5.90. The Bertz CT molecular complexity index is 661. The maximum atomic E-state index is 9.06. The average Bonchev–Trinajstić information content (AvgIpc) is 2.64. The molecule has 0 aliphatic heterocycles. The largest absolute Gasteiger partial charge is 0.283 e. The molecule has 0 aliphatic rings. The van der Waals surface area contributed by atoms with E-state index in [1.54, 1.807) is 0 Å². The number of nitrogens with zero attached hydrogens (tertiary/aromatic N) is 4. The molecule has 4 nitrogen and oxygen atoms in total. The van der Waals surface area contributed by atoms with E-state index < -0.39 is 0 Å². The van der Waals surface area contributed by atoms with E-state index in [0.717, 1.165) is 37.3 Å². The van der Waals surface area contributed by atoms with Gasteiger partial charge >= 0.3 is 0 Å². The van der Waals surface area contributed by atoms with Gasteiger partial charge in [-0.05, 0) is 25.0 Å². The van der Waals surface area contributed by atoms with Crippen molar-refractivity contribution in [2.24, 2.45) is 0 Å². The highest BCUT2D eigenvalue weighted by atomic mass is 15.0. The van der Waals surface area contributed by atoms with E-state index in [1.165, 1.54) is 25.7 Å². The maximum absolute atomic E-state index is 9.06. The van der Waals surface area contributed by atoms with Gasteiger partial charge in [-0.1, -0.05) is 12.8 Å². The number of nitriles is 2. The van der Waals surface area contributed by atoms with Crippen LogP contribution in [0, 0.1) is 22.7 Å². The molecule has 24 heavy (non-hydrogen) atoms. The van der Waals surface area contributed by atoms with Crippen molar-refractivity contribution in [2.75, 3.05) is 0 Å². The van der Waals surface area contributed by atoms with Crippen molar-refractivity contribution in [3.63, 3.8) is 0 Å². The van der Waals surface area contributed by atoms with E-state index in [2.05, 4.69) is 12.1 Å². The van der Waals surface area contributed by atoms with Crippen molar-refractivity contribution < 1.29 is 9.13 Å². The fraction of sp³-hybridized carbons (Fsp3) is 0.400. The summed E-state index contributed by atoms with van der Waals surface area (Å²) < 4.78 is 4.05. The molecule has 0 aromatic carbocycles. The highest BCUT2D eigenvalue weighted by Crippen LogP contribution is 2.06. The Morgan fingerprint density at radius 3 is 1.46 bits per heavy atom. The van der Waals surface area contributed by atoms with Gasteiger partial charge in [0.1, 0.15) is 13.1 Å². The van der Waals surface area contributed by atoms with Crippen LogP contribution < -0.4 is 9.13 Å². The Hall–Kier alpha value is -2.72. The summed E-state index contributed by atoms with van der Waals surface area (Å²) in [5, 5.41) is 18.1. The molecular weight excluding hydrogens is 296 g/mol. The standard InChI is InChI=1S/C20H24N4/c21-17-19-11-5-9-15-23(19)13-7-3-1-2-4-8-14-24-16-10-6-12-20(24)18-22/h5-6,9-12,15-16H,1-4,7-8,13-14H2/q+2. The van der Waals surface area contributed by atoms with E-state index in [9.17, 15) is 0 Å². The van der Waals surface area contributed by atoms with E-state index in [0.29, 0.717) is 0 Å². The predicted molar refractivity (Wildman–Crippen MR) is 90.4 cm³/mol. The molecule has 4 heteroatoms. The third-order valence-corrected chi connectivity index (χ3v) is 4.16. The molecule has 0 spiro atoms. The van der Waals surface area contributed by atoms with Crippen molar-refractivity contribution in [1.82, 2.24) is 0 Å². The Balaban J connectivity index is 1.58. The van der Waals surface area contributed by atoms with Crippen molar-refractivity contribution in [3.8, 4) is 12.1 Å².